The Morgan fingerprint density at radius 1 is 0.500 bits per heavy atom. The lowest BCUT2D eigenvalue weighted by Crippen LogP contribution is -3.00. The van der Waals surface area contributed by atoms with E-state index in [1.54, 1.807) is 0 Å². The Kier molecular flexibility index (Phi) is 10.2. The van der Waals surface area contributed by atoms with E-state index < -0.39 is 78.2 Å². The molecule has 0 saturated carbocycles. The summed E-state index contributed by atoms with van der Waals surface area (Å²) >= 11 is 0. The van der Waals surface area contributed by atoms with Crippen molar-refractivity contribution in [3.63, 3.8) is 0 Å². The van der Waals surface area contributed by atoms with Crippen LogP contribution in [-0.2, 0) is 0 Å². The van der Waals surface area contributed by atoms with Crippen molar-refractivity contribution < 1.29 is 108 Å². The minimum absolute atomic E-state index is 0. The van der Waals surface area contributed by atoms with Crippen LogP contribution in [-0.4, -0.2) is 91.0 Å². The molecule has 20 heteroatoms. The van der Waals surface area contributed by atoms with Gasteiger partial charge in [0.25, 0.3) is 0 Å². The molecule has 0 atom stereocenters. The molecule has 0 aliphatic heterocycles. The predicted octanol–water partition coefficient (Wildman–Crippen LogP) is 2.46. The van der Waals surface area contributed by atoms with Crippen LogP contribution >= 0.6 is 0 Å². The fourth-order valence-electron chi connectivity index (χ4n) is 2.18. The number of hydrogen-bond donors (Lipinski definition) is 1. The van der Waals surface area contributed by atoms with Crippen LogP contribution in [0.3, 0.4) is 0 Å². The molecule has 1 N–H and O–H groups in total. The van der Waals surface area contributed by atoms with Crippen LogP contribution in [0.4, 0.5) is 74.6 Å². The van der Waals surface area contributed by atoms with E-state index in [-0.39, 0.29) is 24.0 Å². The van der Waals surface area contributed by atoms with E-state index in [2.05, 4.69) is 0 Å². The zero-order valence-electron chi connectivity index (χ0n) is 16.5. The maximum absolute atomic E-state index is 13.7. The Balaban J connectivity index is 0. The van der Waals surface area contributed by atoms with E-state index in [0.717, 1.165) is 14.1 Å². The molecule has 34 heavy (non-hydrogen) atoms. The fraction of sp³-hybridized carbons (Fsp3) is 1.00. The molecular formula is C14H15F17INO. The average molecular weight is 663 g/mol. The van der Waals surface area contributed by atoms with Gasteiger partial charge in [-0.2, -0.15) is 74.6 Å². The molecule has 0 saturated heterocycles. The topological polar surface area (TPSA) is 20.2 Å². The number of nitrogens with zero attached hydrogens (tertiary/aromatic N) is 1. The van der Waals surface area contributed by atoms with Crippen molar-refractivity contribution in [2.45, 2.75) is 54.1 Å². The molecule has 0 radical (unpaired) electrons. The van der Waals surface area contributed by atoms with Crippen molar-refractivity contribution in [2.24, 2.45) is 0 Å². The lowest BCUT2D eigenvalue weighted by atomic mass is 9.88. The molecule has 0 unspecified atom stereocenters. The van der Waals surface area contributed by atoms with Crippen molar-refractivity contribution in [1.82, 2.24) is 0 Å². The zero-order valence-corrected chi connectivity index (χ0v) is 18.7. The molecule has 0 rings (SSSR count). The molecule has 0 aromatic heterocycles. The van der Waals surface area contributed by atoms with Crippen LogP contribution in [0, 0.1) is 0 Å². The second-order valence-electron chi connectivity index (χ2n) is 7.51. The van der Waals surface area contributed by atoms with Gasteiger partial charge in [-0.1, -0.05) is 0 Å². The number of halogens is 18. The molecule has 0 amide bonds. The van der Waals surface area contributed by atoms with Crippen molar-refractivity contribution in [1.29, 1.82) is 0 Å². The second-order valence-corrected chi connectivity index (χ2v) is 7.51. The van der Waals surface area contributed by atoms with Crippen molar-refractivity contribution in [3.8, 4) is 0 Å². The molecule has 2 nitrogen and oxygen atoms in total. The lowest BCUT2D eigenvalue weighted by molar-refractivity contribution is -0.891. The molecule has 0 fully saturated rings. The summed E-state index contributed by atoms with van der Waals surface area (Å²) in [7, 11) is 1.84. The van der Waals surface area contributed by atoms with E-state index in [1.807, 2.05) is 0 Å². The number of rotatable bonds is 11. The first-order valence-electron chi connectivity index (χ1n) is 8.16. The molecule has 0 bridgehead atoms. The third-order valence-corrected chi connectivity index (χ3v) is 4.52. The Bertz CT molecular complexity index is 688. The van der Waals surface area contributed by atoms with Gasteiger partial charge in [0.2, 0.25) is 0 Å². The average Bonchev–Trinajstić information content (AvgIpc) is 2.58. The number of aliphatic hydroxyl groups is 1. The zero-order chi connectivity index (χ0) is 27.3. The third-order valence-electron chi connectivity index (χ3n) is 4.52. The van der Waals surface area contributed by atoms with Gasteiger partial charge in [0.05, 0.1) is 33.7 Å². The largest absolute Gasteiger partial charge is 1.00 e. The molecule has 208 valence electrons. The summed E-state index contributed by atoms with van der Waals surface area (Å²) in [5, 5.41) is 8.65. The molecule has 0 spiro atoms. The van der Waals surface area contributed by atoms with Gasteiger partial charge >= 0.3 is 47.6 Å². The maximum atomic E-state index is 13.7. The molecule has 0 aromatic rings. The Morgan fingerprint density at radius 2 is 0.794 bits per heavy atom. The van der Waals surface area contributed by atoms with E-state index in [0.29, 0.717) is 0 Å². The lowest BCUT2D eigenvalue weighted by Gasteiger charge is -2.43. The Hall–Kier alpha value is -0.540. The minimum atomic E-state index is -8.62. The van der Waals surface area contributed by atoms with Crippen LogP contribution in [0.5, 0.6) is 0 Å². The van der Waals surface area contributed by atoms with Gasteiger partial charge in [-0.15, -0.1) is 0 Å². The monoisotopic (exact) mass is 663 g/mol. The molecule has 0 aliphatic carbocycles. The van der Waals surface area contributed by atoms with Crippen molar-refractivity contribution >= 4 is 0 Å². The second kappa shape index (κ2) is 9.73. The van der Waals surface area contributed by atoms with Gasteiger partial charge in [0.15, 0.2) is 0 Å². The summed E-state index contributed by atoms with van der Waals surface area (Å²) in [5.41, 5.74) is 0. The van der Waals surface area contributed by atoms with Gasteiger partial charge in [0.1, 0.15) is 6.54 Å². The minimum Gasteiger partial charge on any atom is -1.00 e. The van der Waals surface area contributed by atoms with Gasteiger partial charge in [-0.05, 0) is 0 Å². The highest BCUT2D eigenvalue weighted by molar-refractivity contribution is 5.15. The SMILES string of the molecule is C[N+](C)(CCO)CCC(F)(F)C(F)(F)C(F)(F)C(F)(F)C(F)(F)C(F)(F)C(F)(F)C(F)(F)F.[I-]. The van der Waals surface area contributed by atoms with Crippen LogP contribution in [0.15, 0.2) is 0 Å². The van der Waals surface area contributed by atoms with Gasteiger partial charge in [0, 0.05) is 0 Å². The smallest absolute Gasteiger partial charge is 0.460 e. The van der Waals surface area contributed by atoms with Crippen LogP contribution in [0.2, 0.25) is 0 Å². The number of quaternary nitrogens is 1. The van der Waals surface area contributed by atoms with Gasteiger partial charge in [-0.3, -0.25) is 0 Å². The summed E-state index contributed by atoms with van der Waals surface area (Å²) in [5.74, 6) is -56.2. The normalized spacial score (nSPS) is 15.9. The Labute approximate surface area is 196 Å². The van der Waals surface area contributed by atoms with Crippen molar-refractivity contribution in [2.75, 3.05) is 33.8 Å². The molecule has 0 heterocycles. The molecular weight excluding hydrogens is 648 g/mol. The summed E-state index contributed by atoms with van der Waals surface area (Å²) in [6.07, 6.45) is -10.3. The standard InChI is InChI=1S/C14H15F17NO.HI/c1-32(2,5-6-33)4-3-7(15,16)8(17,18)9(19,20)10(21,22)11(23,24)12(25,26)13(27,28)14(29,30)31;/h33H,3-6H2,1-2H3;1H/q+1;/p-1. The third kappa shape index (κ3) is 5.41. The van der Waals surface area contributed by atoms with E-state index in [9.17, 15) is 74.6 Å². The Morgan fingerprint density at radius 3 is 1.09 bits per heavy atom. The number of hydrogen-bond acceptors (Lipinski definition) is 1. The predicted molar refractivity (Wildman–Crippen MR) is 74.2 cm³/mol. The fourth-order valence-corrected chi connectivity index (χ4v) is 2.18. The van der Waals surface area contributed by atoms with E-state index in [1.165, 1.54) is 0 Å². The van der Waals surface area contributed by atoms with Crippen molar-refractivity contribution in [3.05, 3.63) is 0 Å². The first-order valence-corrected chi connectivity index (χ1v) is 8.16. The van der Waals surface area contributed by atoms with Gasteiger partial charge in [-0.25, -0.2) is 0 Å². The number of aliphatic hydroxyl groups excluding tert-OH is 1. The summed E-state index contributed by atoms with van der Waals surface area (Å²) in [4.78, 5) is 0. The first-order chi connectivity index (χ1) is 14.0. The molecule has 0 aliphatic rings. The summed E-state index contributed by atoms with van der Waals surface area (Å²) in [6, 6.07) is 0. The van der Waals surface area contributed by atoms with Crippen LogP contribution in [0.1, 0.15) is 6.42 Å². The van der Waals surface area contributed by atoms with Crippen LogP contribution in [0.25, 0.3) is 0 Å². The highest BCUT2D eigenvalue weighted by Gasteiger charge is 2.95. The van der Waals surface area contributed by atoms with E-state index >= 15 is 0 Å². The maximum Gasteiger partial charge on any atom is 0.460 e. The molecule has 0 aromatic carbocycles. The first kappa shape index (κ1) is 35.6. The highest BCUT2D eigenvalue weighted by Crippen LogP contribution is 2.64. The van der Waals surface area contributed by atoms with Crippen LogP contribution < -0.4 is 24.0 Å². The van der Waals surface area contributed by atoms with Gasteiger partial charge < -0.3 is 33.6 Å². The number of likely N-dealkylation sites (N-methyl/N-ethyl adjacent to an activating group) is 1. The highest BCUT2D eigenvalue weighted by atomic mass is 127. The number of alkyl halides is 17. The summed E-state index contributed by atoms with van der Waals surface area (Å²) < 4.78 is 222. The summed E-state index contributed by atoms with van der Waals surface area (Å²) in [6.45, 7) is -2.63. The quantitative estimate of drug-likeness (QED) is 0.205. The van der Waals surface area contributed by atoms with E-state index in [4.69, 9.17) is 5.11 Å².